The molecule has 0 fully saturated rings. The summed E-state index contributed by atoms with van der Waals surface area (Å²) in [7, 11) is 0. The highest BCUT2D eigenvalue weighted by atomic mass is 16.5. The van der Waals surface area contributed by atoms with Gasteiger partial charge in [-0.1, -0.05) is 60.7 Å². The number of rotatable bonds is 9. The Morgan fingerprint density at radius 1 is 0.750 bits per heavy atom. The Morgan fingerprint density at radius 3 is 1.67 bits per heavy atom. The smallest absolute Gasteiger partial charge is 0.342 e. The van der Waals surface area contributed by atoms with Crippen molar-refractivity contribution in [3.63, 3.8) is 0 Å². The highest BCUT2D eigenvalue weighted by Gasteiger charge is 2.27. The maximum absolute atomic E-state index is 12.5. The topological polar surface area (TPSA) is 152 Å². The number of anilines is 1. The number of carbonyl (C=O) groups is 2. The van der Waals surface area contributed by atoms with Gasteiger partial charge in [0.25, 0.3) is 5.56 Å². The molecule has 0 spiro atoms. The molecule has 0 saturated carbocycles. The van der Waals surface area contributed by atoms with Crippen LogP contribution in [-0.4, -0.2) is 27.1 Å². The van der Waals surface area contributed by atoms with Crippen LogP contribution in [0, 0.1) is 0 Å². The summed E-state index contributed by atoms with van der Waals surface area (Å²) in [5.41, 5.74) is 4.98. The second kappa shape index (κ2) is 10.5. The molecule has 0 saturated heterocycles. The van der Waals surface area contributed by atoms with Crippen LogP contribution in [-0.2, 0) is 13.2 Å². The van der Waals surface area contributed by atoms with Crippen molar-refractivity contribution in [2.45, 2.75) is 13.2 Å². The molecule has 0 atom stereocenters. The zero-order valence-electron chi connectivity index (χ0n) is 18.9. The minimum Gasteiger partial charge on any atom is -0.489 e. The molecule has 182 valence electrons. The molecular weight excluding hydrogens is 464 g/mol. The number of aromatic nitrogens is 1. The molecule has 4 aromatic rings. The van der Waals surface area contributed by atoms with Crippen LogP contribution in [0.2, 0.25) is 0 Å². The Hall–Kier alpha value is -5.05. The van der Waals surface area contributed by atoms with Gasteiger partial charge in [0, 0.05) is 11.6 Å². The SMILES string of the molecule is Nc1[nH]c(=O)c(C(=O)O)c(-c2cc(OCc3ccccc3)cc(OCc3ccccc3)c2)c1C(=O)O. The molecule has 3 aromatic carbocycles. The summed E-state index contributed by atoms with van der Waals surface area (Å²) in [6.45, 7) is 0.384. The number of aromatic amines is 1. The average molecular weight is 486 g/mol. The van der Waals surface area contributed by atoms with Gasteiger partial charge in [0.1, 0.15) is 41.7 Å². The van der Waals surface area contributed by atoms with Gasteiger partial charge in [-0.3, -0.25) is 4.79 Å². The number of hydrogen-bond acceptors (Lipinski definition) is 6. The number of H-pyrrole nitrogens is 1. The van der Waals surface area contributed by atoms with Crippen molar-refractivity contribution >= 4 is 17.8 Å². The van der Waals surface area contributed by atoms with Crippen LogP contribution in [0.25, 0.3) is 11.1 Å². The van der Waals surface area contributed by atoms with E-state index in [1.165, 1.54) is 12.1 Å². The van der Waals surface area contributed by atoms with Crippen molar-refractivity contribution in [3.8, 4) is 22.6 Å². The summed E-state index contributed by atoms with van der Waals surface area (Å²) in [4.78, 5) is 38.6. The lowest BCUT2D eigenvalue weighted by atomic mass is 9.95. The van der Waals surface area contributed by atoms with Gasteiger partial charge in [0.05, 0.1) is 0 Å². The number of nitrogen functional groups attached to an aromatic ring is 1. The molecule has 1 aromatic heterocycles. The van der Waals surface area contributed by atoms with Crippen LogP contribution >= 0.6 is 0 Å². The molecule has 36 heavy (non-hydrogen) atoms. The van der Waals surface area contributed by atoms with E-state index < -0.39 is 34.4 Å². The second-order valence-electron chi connectivity index (χ2n) is 7.84. The molecule has 0 radical (unpaired) electrons. The maximum atomic E-state index is 12.5. The van der Waals surface area contributed by atoms with E-state index in [4.69, 9.17) is 15.2 Å². The summed E-state index contributed by atoms with van der Waals surface area (Å²) in [6.07, 6.45) is 0. The van der Waals surface area contributed by atoms with E-state index in [1.807, 2.05) is 60.7 Å². The maximum Gasteiger partial charge on any atom is 0.342 e. The third-order valence-corrected chi connectivity index (χ3v) is 5.34. The number of carboxylic acids is 2. The van der Waals surface area contributed by atoms with E-state index in [9.17, 15) is 24.6 Å². The first-order chi connectivity index (χ1) is 17.3. The highest BCUT2D eigenvalue weighted by Crippen LogP contribution is 2.35. The van der Waals surface area contributed by atoms with Crippen molar-refractivity contribution < 1.29 is 29.3 Å². The van der Waals surface area contributed by atoms with Crippen LogP contribution in [0.15, 0.2) is 83.7 Å². The molecule has 4 rings (SSSR count). The third kappa shape index (κ3) is 5.36. The Labute approximate surface area is 205 Å². The summed E-state index contributed by atoms with van der Waals surface area (Å²) in [6, 6.07) is 23.2. The molecule has 0 bridgehead atoms. The largest absolute Gasteiger partial charge is 0.489 e. The predicted octanol–water partition coefficient (Wildman–Crippen LogP) is 4.18. The lowest BCUT2D eigenvalue weighted by Crippen LogP contribution is -2.24. The number of hydrogen-bond donors (Lipinski definition) is 4. The summed E-state index contributed by atoms with van der Waals surface area (Å²) in [5, 5.41) is 19.5. The molecule has 5 N–H and O–H groups in total. The Morgan fingerprint density at radius 2 is 1.22 bits per heavy atom. The van der Waals surface area contributed by atoms with Crippen molar-refractivity contribution in [1.82, 2.24) is 4.98 Å². The zero-order chi connectivity index (χ0) is 25.7. The van der Waals surface area contributed by atoms with Crippen LogP contribution in [0.4, 0.5) is 5.82 Å². The summed E-state index contributed by atoms with van der Waals surface area (Å²) in [5.74, 6) is -2.99. The first kappa shape index (κ1) is 24.1. The first-order valence-electron chi connectivity index (χ1n) is 10.8. The predicted molar refractivity (Wildman–Crippen MR) is 132 cm³/mol. The molecular formula is C27H22N2O7. The number of carboxylic acid groups (broad SMARTS) is 2. The van der Waals surface area contributed by atoms with Gasteiger partial charge in [-0.25, -0.2) is 9.59 Å². The van der Waals surface area contributed by atoms with Crippen LogP contribution in [0.5, 0.6) is 11.5 Å². The zero-order valence-corrected chi connectivity index (χ0v) is 18.9. The first-order valence-corrected chi connectivity index (χ1v) is 10.8. The van der Waals surface area contributed by atoms with E-state index in [1.54, 1.807) is 6.07 Å². The van der Waals surface area contributed by atoms with Crippen molar-refractivity contribution in [3.05, 3.63) is 111 Å². The minimum atomic E-state index is -1.60. The van der Waals surface area contributed by atoms with Crippen molar-refractivity contribution in [2.24, 2.45) is 0 Å². The molecule has 9 heteroatoms. The van der Waals surface area contributed by atoms with Gasteiger partial charge in [0.15, 0.2) is 0 Å². The van der Waals surface area contributed by atoms with Crippen LogP contribution < -0.4 is 20.8 Å². The number of pyridine rings is 1. The fraction of sp³-hybridized carbons (Fsp3) is 0.0741. The van der Waals surface area contributed by atoms with E-state index in [-0.39, 0.29) is 35.8 Å². The quantitative estimate of drug-likeness (QED) is 0.275. The lowest BCUT2D eigenvalue weighted by Gasteiger charge is -2.16. The fourth-order valence-electron chi connectivity index (χ4n) is 3.70. The molecule has 9 nitrogen and oxygen atoms in total. The van der Waals surface area contributed by atoms with Gasteiger partial charge in [-0.15, -0.1) is 0 Å². The Kier molecular flexibility index (Phi) is 7.01. The molecule has 1 heterocycles. The second-order valence-corrected chi connectivity index (χ2v) is 7.84. The van der Waals surface area contributed by atoms with Gasteiger partial charge in [0.2, 0.25) is 0 Å². The van der Waals surface area contributed by atoms with Crippen LogP contribution in [0.3, 0.4) is 0 Å². The number of nitrogens with one attached hydrogen (secondary N) is 1. The van der Waals surface area contributed by atoms with E-state index in [0.29, 0.717) is 0 Å². The van der Waals surface area contributed by atoms with E-state index >= 15 is 0 Å². The fourth-order valence-corrected chi connectivity index (χ4v) is 3.70. The number of nitrogens with two attached hydrogens (primary N) is 1. The van der Waals surface area contributed by atoms with Crippen molar-refractivity contribution in [1.29, 1.82) is 0 Å². The molecule has 0 amide bonds. The summed E-state index contributed by atoms with van der Waals surface area (Å²) >= 11 is 0. The standard InChI is InChI=1S/C27H22N2O7/c28-24-22(26(31)32)21(23(27(33)34)25(30)29-24)18-11-19(35-14-16-7-3-1-4-8-16)13-20(12-18)36-15-17-9-5-2-6-10-17/h1-13H,14-15H2,(H,31,32)(H,33,34)(H3,28,29,30). The van der Waals surface area contributed by atoms with Crippen molar-refractivity contribution in [2.75, 3.05) is 5.73 Å². The Balaban J connectivity index is 1.83. The molecule has 0 aliphatic rings. The minimum absolute atomic E-state index is 0.0937. The van der Waals surface area contributed by atoms with Gasteiger partial charge in [-0.05, 0) is 28.8 Å². The van der Waals surface area contributed by atoms with E-state index in [2.05, 4.69) is 4.98 Å². The number of aromatic carboxylic acids is 2. The van der Waals surface area contributed by atoms with Crippen LogP contribution in [0.1, 0.15) is 31.8 Å². The highest BCUT2D eigenvalue weighted by molar-refractivity contribution is 6.07. The number of ether oxygens (including phenoxy) is 2. The normalized spacial score (nSPS) is 10.6. The molecule has 0 aliphatic carbocycles. The van der Waals surface area contributed by atoms with Gasteiger partial charge >= 0.3 is 11.9 Å². The van der Waals surface area contributed by atoms with Gasteiger partial charge in [-0.2, -0.15) is 0 Å². The monoisotopic (exact) mass is 486 g/mol. The average Bonchev–Trinajstić information content (AvgIpc) is 2.86. The van der Waals surface area contributed by atoms with Gasteiger partial charge < -0.3 is 30.4 Å². The van der Waals surface area contributed by atoms with E-state index in [0.717, 1.165) is 11.1 Å². The third-order valence-electron chi connectivity index (χ3n) is 5.34. The lowest BCUT2D eigenvalue weighted by molar-refractivity contribution is 0.0695. The molecule has 0 unspecified atom stereocenters. The Bertz CT molecular complexity index is 1400. The summed E-state index contributed by atoms with van der Waals surface area (Å²) < 4.78 is 11.8. The molecule has 0 aliphatic heterocycles. The number of benzene rings is 3.